The lowest BCUT2D eigenvalue weighted by molar-refractivity contribution is -0.858. The second-order valence-corrected chi connectivity index (χ2v) is 6.38. The first-order valence-corrected chi connectivity index (χ1v) is 8.16. The summed E-state index contributed by atoms with van der Waals surface area (Å²) in [5.41, 5.74) is 1.24. The van der Waals surface area contributed by atoms with E-state index in [0.717, 1.165) is 17.9 Å². The Bertz CT molecular complexity index is 905. The molecule has 3 aromatic rings. The van der Waals surface area contributed by atoms with Crippen LogP contribution in [0.3, 0.4) is 0 Å². The second-order valence-electron chi connectivity index (χ2n) is 5.95. The van der Waals surface area contributed by atoms with Crippen molar-refractivity contribution in [2.24, 2.45) is 0 Å². The number of rotatable bonds is 5. The molecule has 6 heteroatoms. The molecule has 25 heavy (non-hydrogen) atoms. The van der Waals surface area contributed by atoms with Crippen LogP contribution in [0.5, 0.6) is 5.75 Å². The molecule has 0 aliphatic rings. The van der Waals surface area contributed by atoms with Crippen LogP contribution in [0.15, 0.2) is 57.7 Å². The molecule has 0 radical (unpaired) electrons. The Kier molecular flexibility index (Phi) is 6.48. The summed E-state index contributed by atoms with van der Waals surface area (Å²) in [6, 6.07) is 14.1. The number of hydrogen-bond acceptors (Lipinski definition) is 3. The van der Waals surface area contributed by atoms with E-state index in [2.05, 4.69) is 14.1 Å². The van der Waals surface area contributed by atoms with Gasteiger partial charge in [0, 0.05) is 16.7 Å². The summed E-state index contributed by atoms with van der Waals surface area (Å²) in [6.45, 7) is 1.59. The van der Waals surface area contributed by atoms with Crippen LogP contribution < -0.4 is 27.5 Å². The molecule has 132 valence electrons. The average Bonchev–Trinajstić information content (AvgIpc) is 2.56. The van der Waals surface area contributed by atoms with Crippen molar-refractivity contribution in [1.82, 2.24) is 0 Å². The van der Waals surface area contributed by atoms with Gasteiger partial charge in [0.05, 0.1) is 19.5 Å². The van der Waals surface area contributed by atoms with E-state index in [1.165, 1.54) is 11.0 Å². The molecule has 0 amide bonds. The number of ether oxygens (including phenoxy) is 1. The highest BCUT2D eigenvalue weighted by atomic mass is 35.5. The van der Waals surface area contributed by atoms with Crippen LogP contribution in [0.1, 0.15) is 0 Å². The van der Waals surface area contributed by atoms with Gasteiger partial charge in [0.1, 0.15) is 30.2 Å². The molecule has 0 saturated carbocycles. The highest BCUT2D eigenvalue weighted by Crippen LogP contribution is 2.25. The number of fused-ring (bicyclic) bond motifs is 1. The van der Waals surface area contributed by atoms with Gasteiger partial charge in [-0.25, -0.2) is 0 Å². The number of hydrogen-bond donors (Lipinski definition) is 1. The summed E-state index contributed by atoms with van der Waals surface area (Å²) in [4.78, 5) is 13.6. The molecular formula is C19H19Cl2NO3. The molecule has 3 rings (SSSR count). The first kappa shape index (κ1) is 19.3. The van der Waals surface area contributed by atoms with E-state index >= 15 is 0 Å². The summed E-state index contributed by atoms with van der Waals surface area (Å²) in [6.07, 6.45) is 0. The Hall–Kier alpha value is -2.01. The Morgan fingerprint density at radius 3 is 2.48 bits per heavy atom. The third-order valence-corrected chi connectivity index (χ3v) is 3.93. The Balaban J connectivity index is 0.00000225. The lowest BCUT2D eigenvalue weighted by atomic mass is 10.1. The van der Waals surface area contributed by atoms with Crippen molar-refractivity contribution >= 4 is 22.6 Å². The van der Waals surface area contributed by atoms with Gasteiger partial charge in [-0.2, -0.15) is 0 Å². The van der Waals surface area contributed by atoms with Gasteiger partial charge in [0.15, 0.2) is 5.43 Å². The van der Waals surface area contributed by atoms with E-state index in [9.17, 15) is 4.79 Å². The second kappa shape index (κ2) is 8.39. The molecule has 0 aliphatic heterocycles. The van der Waals surface area contributed by atoms with E-state index in [0.29, 0.717) is 28.4 Å². The van der Waals surface area contributed by atoms with E-state index in [1.807, 2.05) is 24.3 Å². The predicted octanol–water partition coefficient (Wildman–Crippen LogP) is -0.359. The normalized spacial score (nSPS) is 10.7. The van der Waals surface area contributed by atoms with Crippen LogP contribution in [-0.2, 0) is 0 Å². The number of quaternary nitrogens is 1. The van der Waals surface area contributed by atoms with Crippen molar-refractivity contribution in [3.05, 3.63) is 63.8 Å². The molecule has 0 atom stereocenters. The van der Waals surface area contributed by atoms with Gasteiger partial charge in [-0.1, -0.05) is 11.6 Å². The van der Waals surface area contributed by atoms with Gasteiger partial charge in [0.2, 0.25) is 0 Å². The van der Waals surface area contributed by atoms with E-state index in [-0.39, 0.29) is 17.8 Å². The van der Waals surface area contributed by atoms with Crippen molar-refractivity contribution in [3.8, 4) is 17.1 Å². The quantitative estimate of drug-likeness (QED) is 0.658. The zero-order valence-corrected chi connectivity index (χ0v) is 15.5. The highest BCUT2D eigenvalue weighted by Gasteiger charge is 2.08. The largest absolute Gasteiger partial charge is 1.00 e. The zero-order chi connectivity index (χ0) is 17.1. The third kappa shape index (κ3) is 4.75. The van der Waals surface area contributed by atoms with Gasteiger partial charge in [0.25, 0.3) is 0 Å². The minimum atomic E-state index is -0.108. The van der Waals surface area contributed by atoms with Crippen LogP contribution >= 0.6 is 11.6 Å². The summed E-state index contributed by atoms with van der Waals surface area (Å²) in [7, 11) is 4.17. The molecule has 4 nitrogen and oxygen atoms in total. The van der Waals surface area contributed by atoms with E-state index in [1.54, 1.807) is 18.2 Å². The van der Waals surface area contributed by atoms with Crippen molar-refractivity contribution < 1.29 is 26.5 Å². The smallest absolute Gasteiger partial charge is 0.193 e. The predicted molar refractivity (Wildman–Crippen MR) is 96.1 cm³/mol. The number of halogens is 2. The molecule has 1 heterocycles. The Morgan fingerprint density at radius 2 is 1.80 bits per heavy atom. The summed E-state index contributed by atoms with van der Waals surface area (Å²) >= 11 is 5.93. The van der Waals surface area contributed by atoms with Gasteiger partial charge in [-0.3, -0.25) is 4.79 Å². The van der Waals surface area contributed by atoms with E-state index < -0.39 is 0 Å². The molecule has 0 aliphatic carbocycles. The summed E-state index contributed by atoms with van der Waals surface area (Å²) < 4.78 is 11.5. The minimum absolute atomic E-state index is 0. The topological polar surface area (TPSA) is 43.9 Å². The average molecular weight is 380 g/mol. The first-order valence-electron chi connectivity index (χ1n) is 7.78. The maximum Gasteiger partial charge on any atom is 0.193 e. The molecule has 0 unspecified atom stereocenters. The van der Waals surface area contributed by atoms with Gasteiger partial charge in [-0.15, -0.1) is 0 Å². The fourth-order valence-electron chi connectivity index (χ4n) is 2.36. The SMILES string of the molecule is C[NH+](C)CCOc1ccc(-c2cc(=O)c3cc(Cl)ccc3o2)cc1.[Cl-]. The van der Waals surface area contributed by atoms with Crippen LogP contribution in [0.2, 0.25) is 5.02 Å². The summed E-state index contributed by atoms with van der Waals surface area (Å²) in [5, 5.41) is 1.00. The third-order valence-electron chi connectivity index (χ3n) is 3.70. The Morgan fingerprint density at radius 1 is 1.08 bits per heavy atom. The number of benzene rings is 2. The Labute approximate surface area is 157 Å². The van der Waals surface area contributed by atoms with Crippen molar-refractivity contribution in [1.29, 1.82) is 0 Å². The monoisotopic (exact) mass is 379 g/mol. The molecule has 0 fully saturated rings. The molecule has 0 spiro atoms. The standard InChI is InChI=1S/C19H18ClNO3.ClH/c1-21(2)9-10-23-15-6-3-13(4-7-15)19-12-17(22)16-11-14(20)5-8-18(16)24-19;/h3-8,11-12H,9-10H2,1-2H3;1H. The van der Waals surface area contributed by atoms with Crippen LogP contribution in [0.25, 0.3) is 22.3 Å². The molecule has 1 N–H and O–H groups in total. The molecular weight excluding hydrogens is 361 g/mol. The zero-order valence-electron chi connectivity index (χ0n) is 14.0. The molecule has 2 aromatic carbocycles. The summed E-state index contributed by atoms with van der Waals surface area (Å²) in [5.74, 6) is 1.33. The molecule has 1 aromatic heterocycles. The van der Waals surface area contributed by atoms with E-state index in [4.69, 9.17) is 20.8 Å². The fraction of sp³-hybridized carbons (Fsp3) is 0.211. The maximum absolute atomic E-state index is 12.3. The lowest BCUT2D eigenvalue weighted by Crippen LogP contribution is -3.06. The first-order chi connectivity index (χ1) is 11.5. The van der Waals surface area contributed by atoms with Gasteiger partial charge < -0.3 is 26.5 Å². The molecule has 0 bridgehead atoms. The van der Waals surface area contributed by atoms with Crippen LogP contribution in [-0.4, -0.2) is 27.2 Å². The molecule has 0 saturated heterocycles. The maximum atomic E-state index is 12.3. The van der Waals surface area contributed by atoms with Crippen LogP contribution in [0, 0.1) is 0 Å². The van der Waals surface area contributed by atoms with Crippen molar-refractivity contribution in [2.75, 3.05) is 27.2 Å². The minimum Gasteiger partial charge on any atom is -1.00 e. The van der Waals surface area contributed by atoms with Crippen LogP contribution in [0.4, 0.5) is 0 Å². The van der Waals surface area contributed by atoms with Crippen molar-refractivity contribution in [2.45, 2.75) is 0 Å². The highest BCUT2D eigenvalue weighted by molar-refractivity contribution is 6.31. The van der Waals surface area contributed by atoms with Gasteiger partial charge >= 0.3 is 0 Å². The lowest BCUT2D eigenvalue weighted by Gasteiger charge is -2.09. The van der Waals surface area contributed by atoms with Gasteiger partial charge in [-0.05, 0) is 42.5 Å². The number of likely N-dealkylation sites (N-methyl/N-ethyl adjacent to an activating group) is 1. The fourth-order valence-corrected chi connectivity index (χ4v) is 2.53. The number of nitrogens with one attached hydrogen (secondary N) is 1. The van der Waals surface area contributed by atoms with Crippen molar-refractivity contribution in [3.63, 3.8) is 0 Å².